The van der Waals surface area contributed by atoms with Crippen LogP contribution < -0.4 is 21.7 Å². The molecule has 19 heavy (non-hydrogen) atoms. The summed E-state index contributed by atoms with van der Waals surface area (Å²) in [5.41, 5.74) is 4.63. The van der Waals surface area contributed by atoms with Gasteiger partial charge >= 0.3 is 6.03 Å². The molecular formula is C13H26N4O2. The largest absolute Gasteiger partial charge is 0.352 e. The lowest BCUT2D eigenvalue weighted by atomic mass is 9.95. The average Bonchev–Trinajstić information content (AvgIpc) is 2.75. The summed E-state index contributed by atoms with van der Waals surface area (Å²) < 4.78 is 0. The monoisotopic (exact) mass is 270 g/mol. The van der Waals surface area contributed by atoms with E-state index >= 15 is 0 Å². The van der Waals surface area contributed by atoms with Crippen molar-refractivity contribution in [2.75, 3.05) is 13.1 Å². The van der Waals surface area contributed by atoms with Gasteiger partial charge in [-0.1, -0.05) is 12.8 Å². The molecule has 110 valence electrons. The molecule has 0 spiro atoms. The molecule has 5 N–H and O–H groups in total. The van der Waals surface area contributed by atoms with Gasteiger partial charge in [-0.2, -0.15) is 0 Å². The van der Waals surface area contributed by atoms with Crippen LogP contribution in [0.25, 0.3) is 0 Å². The van der Waals surface area contributed by atoms with Gasteiger partial charge in [0.25, 0.3) is 0 Å². The summed E-state index contributed by atoms with van der Waals surface area (Å²) in [6.45, 7) is 6.49. The van der Waals surface area contributed by atoms with Gasteiger partial charge < -0.3 is 21.7 Å². The Labute approximate surface area is 114 Å². The number of amides is 3. The van der Waals surface area contributed by atoms with E-state index in [4.69, 9.17) is 5.73 Å². The summed E-state index contributed by atoms with van der Waals surface area (Å²) in [5.74, 6) is -0.130. The lowest BCUT2D eigenvalue weighted by molar-refractivity contribution is -0.127. The first-order chi connectivity index (χ1) is 8.79. The number of urea groups is 1. The predicted octanol–water partition coefficient (Wildman–Crippen LogP) is 0.472. The Morgan fingerprint density at radius 2 is 1.79 bits per heavy atom. The van der Waals surface area contributed by atoms with Crippen LogP contribution in [0, 0.1) is 0 Å². The van der Waals surface area contributed by atoms with Gasteiger partial charge in [0, 0.05) is 18.6 Å². The highest BCUT2D eigenvalue weighted by molar-refractivity contribution is 5.91. The Balaban J connectivity index is 2.65. The quantitative estimate of drug-likeness (QED) is 0.585. The van der Waals surface area contributed by atoms with E-state index in [2.05, 4.69) is 16.0 Å². The number of hydrogen-bond donors (Lipinski definition) is 4. The summed E-state index contributed by atoms with van der Waals surface area (Å²) in [4.78, 5) is 24.0. The number of carbonyl (C=O) groups excluding carboxylic acids is 2. The van der Waals surface area contributed by atoms with Crippen molar-refractivity contribution in [3.63, 3.8) is 0 Å². The smallest absolute Gasteiger partial charge is 0.315 e. The molecule has 1 rings (SSSR count). The Morgan fingerprint density at radius 3 is 2.26 bits per heavy atom. The van der Waals surface area contributed by atoms with Gasteiger partial charge in [-0.3, -0.25) is 4.79 Å². The molecule has 1 saturated carbocycles. The molecule has 0 aliphatic heterocycles. The molecule has 1 aliphatic carbocycles. The number of rotatable bonds is 5. The molecule has 1 aliphatic rings. The van der Waals surface area contributed by atoms with Crippen molar-refractivity contribution < 1.29 is 9.59 Å². The SMILES string of the molecule is CCNC(=O)NC1(C(=O)NCC(C)(C)N)CCCC1. The predicted molar refractivity (Wildman–Crippen MR) is 74.7 cm³/mol. The summed E-state index contributed by atoms with van der Waals surface area (Å²) in [6.07, 6.45) is 3.26. The molecular weight excluding hydrogens is 244 g/mol. The molecule has 0 aromatic heterocycles. The maximum atomic E-state index is 12.3. The normalized spacial score (nSPS) is 17.9. The van der Waals surface area contributed by atoms with Crippen molar-refractivity contribution in [1.82, 2.24) is 16.0 Å². The highest BCUT2D eigenvalue weighted by atomic mass is 16.2. The second kappa shape index (κ2) is 6.23. The number of nitrogens with two attached hydrogens (primary N) is 1. The molecule has 0 bridgehead atoms. The van der Waals surface area contributed by atoms with Crippen molar-refractivity contribution in [3.8, 4) is 0 Å². The van der Waals surface area contributed by atoms with Gasteiger partial charge in [0.05, 0.1) is 0 Å². The first-order valence-electron chi connectivity index (χ1n) is 6.92. The first kappa shape index (κ1) is 15.8. The van der Waals surface area contributed by atoms with Gasteiger partial charge in [-0.05, 0) is 33.6 Å². The van der Waals surface area contributed by atoms with Crippen molar-refractivity contribution in [2.45, 2.75) is 57.5 Å². The summed E-state index contributed by atoms with van der Waals surface area (Å²) in [7, 11) is 0. The van der Waals surface area contributed by atoms with Crippen LogP contribution in [0.4, 0.5) is 4.79 Å². The van der Waals surface area contributed by atoms with E-state index in [1.807, 2.05) is 20.8 Å². The highest BCUT2D eigenvalue weighted by Crippen LogP contribution is 2.29. The standard InChI is InChI=1S/C13H26N4O2/c1-4-15-11(19)17-13(7-5-6-8-13)10(18)16-9-12(2,3)14/h4-9,14H2,1-3H3,(H,16,18)(H2,15,17,19). The first-order valence-corrected chi connectivity index (χ1v) is 6.92. The third kappa shape index (κ3) is 4.70. The number of carbonyl (C=O) groups is 2. The van der Waals surface area contributed by atoms with Gasteiger partial charge in [0.1, 0.15) is 5.54 Å². The second-order valence-corrected chi connectivity index (χ2v) is 5.94. The Morgan fingerprint density at radius 1 is 1.21 bits per heavy atom. The van der Waals surface area contributed by atoms with Crippen molar-refractivity contribution in [3.05, 3.63) is 0 Å². The zero-order chi connectivity index (χ0) is 14.5. The molecule has 6 heteroatoms. The van der Waals surface area contributed by atoms with Crippen LogP contribution in [-0.2, 0) is 4.79 Å². The summed E-state index contributed by atoms with van der Waals surface area (Å²) >= 11 is 0. The molecule has 0 unspecified atom stereocenters. The lowest BCUT2D eigenvalue weighted by Gasteiger charge is -2.30. The minimum absolute atomic E-state index is 0.130. The van der Waals surface area contributed by atoms with E-state index in [0.29, 0.717) is 25.9 Å². The van der Waals surface area contributed by atoms with Crippen LogP contribution in [0.3, 0.4) is 0 Å². The maximum Gasteiger partial charge on any atom is 0.315 e. The molecule has 0 radical (unpaired) electrons. The second-order valence-electron chi connectivity index (χ2n) is 5.94. The Hall–Kier alpha value is -1.30. The van der Waals surface area contributed by atoms with Gasteiger partial charge in [-0.15, -0.1) is 0 Å². The van der Waals surface area contributed by atoms with Crippen LogP contribution in [-0.4, -0.2) is 36.1 Å². The van der Waals surface area contributed by atoms with Crippen molar-refractivity contribution in [2.24, 2.45) is 5.73 Å². The molecule has 0 heterocycles. The molecule has 0 aromatic rings. The van der Waals surface area contributed by atoms with Crippen molar-refractivity contribution >= 4 is 11.9 Å². The zero-order valence-corrected chi connectivity index (χ0v) is 12.1. The molecule has 1 fully saturated rings. The van der Waals surface area contributed by atoms with E-state index in [-0.39, 0.29) is 11.9 Å². The van der Waals surface area contributed by atoms with Crippen molar-refractivity contribution in [1.29, 1.82) is 0 Å². The van der Waals surface area contributed by atoms with E-state index in [1.165, 1.54) is 0 Å². The van der Waals surface area contributed by atoms with E-state index < -0.39 is 11.1 Å². The summed E-state index contributed by atoms with van der Waals surface area (Å²) in [6, 6.07) is -0.286. The van der Waals surface area contributed by atoms with E-state index in [9.17, 15) is 9.59 Å². The van der Waals surface area contributed by atoms with E-state index in [0.717, 1.165) is 12.8 Å². The van der Waals surface area contributed by atoms with Gasteiger partial charge in [-0.25, -0.2) is 4.79 Å². The molecule has 0 saturated heterocycles. The van der Waals surface area contributed by atoms with Crippen LogP contribution in [0.5, 0.6) is 0 Å². The average molecular weight is 270 g/mol. The fourth-order valence-electron chi connectivity index (χ4n) is 2.29. The minimum atomic E-state index is -0.773. The van der Waals surface area contributed by atoms with Gasteiger partial charge in [0.2, 0.25) is 5.91 Å². The van der Waals surface area contributed by atoms with Crippen LogP contribution in [0.1, 0.15) is 46.5 Å². The minimum Gasteiger partial charge on any atom is -0.352 e. The fraction of sp³-hybridized carbons (Fsp3) is 0.846. The summed E-state index contributed by atoms with van der Waals surface area (Å²) in [5, 5.41) is 8.34. The highest BCUT2D eigenvalue weighted by Gasteiger charge is 2.42. The third-order valence-electron chi connectivity index (χ3n) is 3.29. The Kier molecular flexibility index (Phi) is 5.17. The maximum absolute atomic E-state index is 12.3. The Bertz CT molecular complexity index is 330. The number of hydrogen-bond acceptors (Lipinski definition) is 3. The van der Waals surface area contributed by atoms with Crippen LogP contribution >= 0.6 is 0 Å². The topological polar surface area (TPSA) is 96.2 Å². The molecule has 3 amide bonds. The molecule has 0 atom stereocenters. The van der Waals surface area contributed by atoms with Crippen LogP contribution in [0.2, 0.25) is 0 Å². The fourth-order valence-corrected chi connectivity index (χ4v) is 2.29. The van der Waals surface area contributed by atoms with Gasteiger partial charge in [0.15, 0.2) is 0 Å². The zero-order valence-electron chi connectivity index (χ0n) is 12.1. The van der Waals surface area contributed by atoms with E-state index in [1.54, 1.807) is 0 Å². The van der Waals surface area contributed by atoms with Crippen LogP contribution in [0.15, 0.2) is 0 Å². The lowest BCUT2D eigenvalue weighted by Crippen LogP contribution is -2.61. The molecule has 6 nitrogen and oxygen atoms in total. The number of nitrogens with one attached hydrogen (secondary N) is 3. The third-order valence-corrected chi connectivity index (χ3v) is 3.29. The molecule has 0 aromatic carbocycles.